The van der Waals surface area contributed by atoms with E-state index in [-0.39, 0.29) is 11.1 Å². The van der Waals surface area contributed by atoms with Gasteiger partial charge >= 0.3 is 0 Å². The highest BCUT2D eigenvalue weighted by Gasteiger charge is 2.04. The van der Waals surface area contributed by atoms with Gasteiger partial charge in [0.2, 0.25) is 0 Å². The molecule has 1 rings (SSSR count). The third-order valence-corrected chi connectivity index (χ3v) is 1.31. The maximum Gasteiger partial charge on any atom is 0.153 e. The van der Waals surface area contributed by atoms with Gasteiger partial charge in [0.25, 0.3) is 0 Å². The molecule has 0 unspecified atom stereocenters. The lowest BCUT2D eigenvalue weighted by Gasteiger charge is -1.94. The summed E-state index contributed by atoms with van der Waals surface area (Å²) >= 11 is 0. The number of halogens is 1. The molecular formula is C8H5FO2. The van der Waals surface area contributed by atoms with E-state index in [0.29, 0.717) is 12.6 Å². The predicted octanol–water partition coefficient (Wildman–Crippen LogP) is 1.45. The molecule has 0 saturated heterocycles. The second-order valence-electron chi connectivity index (χ2n) is 1.99. The number of carbonyl (C=O) groups excluding carboxylic acids is 2. The van der Waals surface area contributed by atoms with Crippen molar-refractivity contribution in [2.45, 2.75) is 0 Å². The van der Waals surface area contributed by atoms with Crippen LogP contribution >= 0.6 is 0 Å². The van der Waals surface area contributed by atoms with Gasteiger partial charge in [-0.25, -0.2) is 4.39 Å². The summed E-state index contributed by atoms with van der Waals surface area (Å²) in [5.74, 6) is -0.752. The number of hydrogen-bond acceptors (Lipinski definition) is 2. The van der Waals surface area contributed by atoms with Crippen molar-refractivity contribution in [3.05, 3.63) is 35.1 Å². The zero-order valence-corrected chi connectivity index (χ0v) is 5.58. The monoisotopic (exact) mass is 152 g/mol. The molecule has 0 N–H and O–H groups in total. The third-order valence-electron chi connectivity index (χ3n) is 1.31. The van der Waals surface area contributed by atoms with Gasteiger partial charge in [0.15, 0.2) is 12.6 Å². The van der Waals surface area contributed by atoms with Crippen LogP contribution in [0.25, 0.3) is 0 Å². The summed E-state index contributed by atoms with van der Waals surface area (Å²) in [6, 6.07) is 4.08. The molecule has 0 bridgehead atoms. The van der Waals surface area contributed by atoms with Crippen molar-refractivity contribution in [2.24, 2.45) is 0 Å². The van der Waals surface area contributed by atoms with Gasteiger partial charge in [-0.3, -0.25) is 9.59 Å². The van der Waals surface area contributed by atoms with E-state index in [2.05, 4.69) is 0 Å². The Bertz CT molecular complexity index is 268. The highest BCUT2D eigenvalue weighted by Crippen LogP contribution is 2.08. The van der Waals surface area contributed by atoms with Crippen LogP contribution in [-0.4, -0.2) is 12.6 Å². The molecule has 0 heterocycles. The lowest BCUT2D eigenvalue weighted by molar-refractivity contribution is 0.111. The number of benzene rings is 1. The van der Waals surface area contributed by atoms with Gasteiger partial charge in [-0.2, -0.15) is 0 Å². The molecule has 11 heavy (non-hydrogen) atoms. The van der Waals surface area contributed by atoms with Gasteiger partial charge in [0, 0.05) is 0 Å². The molecule has 56 valence electrons. The highest BCUT2D eigenvalue weighted by atomic mass is 19.1. The minimum Gasteiger partial charge on any atom is -0.298 e. The lowest BCUT2D eigenvalue weighted by atomic mass is 10.1. The maximum absolute atomic E-state index is 12.8. The Kier molecular flexibility index (Phi) is 2.11. The van der Waals surface area contributed by atoms with E-state index in [0.717, 1.165) is 0 Å². The van der Waals surface area contributed by atoms with E-state index in [4.69, 9.17) is 0 Å². The number of aldehydes is 2. The fraction of sp³-hybridized carbons (Fsp3) is 0. The quantitative estimate of drug-likeness (QED) is 0.601. The van der Waals surface area contributed by atoms with Gasteiger partial charge in [-0.05, 0) is 12.1 Å². The molecule has 2 nitrogen and oxygen atoms in total. The first-order valence-electron chi connectivity index (χ1n) is 2.98. The molecule has 0 saturated carbocycles. The van der Waals surface area contributed by atoms with E-state index < -0.39 is 5.82 Å². The summed E-state index contributed by atoms with van der Waals surface area (Å²) in [4.78, 5) is 20.3. The van der Waals surface area contributed by atoms with Crippen LogP contribution in [0.15, 0.2) is 18.2 Å². The van der Waals surface area contributed by atoms with Crippen molar-refractivity contribution in [1.29, 1.82) is 0 Å². The van der Waals surface area contributed by atoms with Crippen LogP contribution in [0.1, 0.15) is 20.7 Å². The van der Waals surface area contributed by atoms with E-state index in [1.165, 1.54) is 18.2 Å². The van der Waals surface area contributed by atoms with Crippen LogP contribution in [0.3, 0.4) is 0 Å². The van der Waals surface area contributed by atoms with Gasteiger partial charge < -0.3 is 0 Å². The van der Waals surface area contributed by atoms with Crippen molar-refractivity contribution in [3.63, 3.8) is 0 Å². The van der Waals surface area contributed by atoms with Crippen molar-refractivity contribution < 1.29 is 14.0 Å². The second-order valence-corrected chi connectivity index (χ2v) is 1.99. The Labute approximate surface area is 62.6 Å². The third kappa shape index (κ3) is 1.32. The molecule has 0 spiro atoms. The van der Waals surface area contributed by atoms with E-state index in [1.54, 1.807) is 0 Å². The summed E-state index contributed by atoms with van der Waals surface area (Å²) in [6.45, 7) is 0. The van der Waals surface area contributed by atoms with E-state index >= 15 is 0 Å². The predicted molar refractivity (Wildman–Crippen MR) is 37.2 cm³/mol. The molecule has 0 aromatic heterocycles. The Morgan fingerprint density at radius 2 is 1.55 bits per heavy atom. The van der Waals surface area contributed by atoms with Gasteiger partial charge in [-0.1, -0.05) is 6.07 Å². The summed E-state index contributed by atoms with van der Waals surface area (Å²) in [5.41, 5.74) is -0.177. The second kappa shape index (κ2) is 3.05. The summed E-state index contributed by atoms with van der Waals surface area (Å²) in [7, 11) is 0. The average molecular weight is 152 g/mol. The van der Waals surface area contributed by atoms with Crippen LogP contribution in [0.5, 0.6) is 0 Å². The van der Waals surface area contributed by atoms with Crippen LogP contribution in [0.4, 0.5) is 4.39 Å². The Hall–Kier alpha value is -1.51. The molecular weight excluding hydrogens is 147 g/mol. The first-order chi connectivity index (χ1) is 5.29. The van der Waals surface area contributed by atoms with Gasteiger partial charge in [0.1, 0.15) is 5.82 Å². The molecule has 0 amide bonds. The number of rotatable bonds is 2. The molecule has 0 fully saturated rings. The minimum atomic E-state index is -0.752. The van der Waals surface area contributed by atoms with Crippen LogP contribution in [-0.2, 0) is 0 Å². The van der Waals surface area contributed by atoms with Crippen LogP contribution in [0, 0.1) is 5.82 Å². The molecule has 1 aromatic rings. The molecule has 0 aliphatic rings. The van der Waals surface area contributed by atoms with Crippen molar-refractivity contribution in [3.8, 4) is 0 Å². The van der Waals surface area contributed by atoms with Crippen molar-refractivity contribution in [2.75, 3.05) is 0 Å². The highest BCUT2D eigenvalue weighted by molar-refractivity contribution is 5.82. The van der Waals surface area contributed by atoms with Crippen LogP contribution in [0.2, 0.25) is 0 Å². The SMILES string of the molecule is O=Cc1cccc(C=O)c1F. The maximum atomic E-state index is 12.8. The summed E-state index contributed by atoms with van der Waals surface area (Å²) in [6.07, 6.45) is 0.755. The summed E-state index contributed by atoms with van der Waals surface area (Å²) in [5, 5.41) is 0. The zero-order valence-electron chi connectivity index (χ0n) is 5.58. The van der Waals surface area contributed by atoms with Crippen LogP contribution < -0.4 is 0 Å². The smallest absolute Gasteiger partial charge is 0.153 e. The van der Waals surface area contributed by atoms with Crippen molar-refractivity contribution in [1.82, 2.24) is 0 Å². The molecule has 1 aromatic carbocycles. The van der Waals surface area contributed by atoms with Gasteiger partial charge in [-0.15, -0.1) is 0 Å². The zero-order chi connectivity index (χ0) is 8.27. The summed E-state index contributed by atoms with van der Waals surface area (Å²) < 4.78 is 12.8. The normalized spacial score (nSPS) is 9.18. The van der Waals surface area contributed by atoms with E-state index in [9.17, 15) is 14.0 Å². The number of hydrogen-bond donors (Lipinski definition) is 0. The Balaban J connectivity index is 3.30. The molecule has 0 atom stereocenters. The largest absolute Gasteiger partial charge is 0.298 e. The Morgan fingerprint density at radius 1 is 1.09 bits per heavy atom. The van der Waals surface area contributed by atoms with Gasteiger partial charge in [0.05, 0.1) is 11.1 Å². The standard InChI is InChI=1S/C8H5FO2/c9-8-6(4-10)2-1-3-7(8)5-11/h1-5H. The molecule has 3 heteroatoms. The van der Waals surface area contributed by atoms with Crippen molar-refractivity contribution >= 4 is 12.6 Å². The lowest BCUT2D eigenvalue weighted by Crippen LogP contribution is -1.93. The fourth-order valence-electron chi connectivity index (χ4n) is 0.750. The molecule has 0 aliphatic heterocycles. The molecule has 0 aliphatic carbocycles. The topological polar surface area (TPSA) is 34.1 Å². The first kappa shape index (κ1) is 7.60. The fourth-order valence-corrected chi connectivity index (χ4v) is 0.750. The van der Waals surface area contributed by atoms with E-state index in [1.807, 2.05) is 0 Å². The number of carbonyl (C=O) groups is 2. The average Bonchev–Trinajstić information content (AvgIpc) is 2.05. The molecule has 0 radical (unpaired) electrons. The Morgan fingerprint density at radius 3 is 1.91 bits per heavy atom. The first-order valence-corrected chi connectivity index (χ1v) is 2.98. The minimum absolute atomic E-state index is 0.0883.